The molecule has 0 heterocycles. The zero-order chi connectivity index (χ0) is 14.1. The number of aliphatic carboxylic acids is 1. The largest absolute Gasteiger partial charge is 0.508 e. The summed E-state index contributed by atoms with van der Waals surface area (Å²) in [5.74, 6) is 0.000831. The monoisotopic (exact) mass is 268 g/mol. The van der Waals surface area contributed by atoms with E-state index in [0.717, 1.165) is 16.7 Å². The Morgan fingerprint density at radius 3 is 2.40 bits per heavy atom. The molecule has 0 aliphatic heterocycles. The number of carboxylic acid groups (broad SMARTS) is 1. The average molecular weight is 268 g/mol. The quantitative estimate of drug-likeness (QED) is 0.891. The number of benzene rings is 2. The van der Waals surface area contributed by atoms with Crippen LogP contribution >= 0.6 is 0 Å². The summed E-state index contributed by atoms with van der Waals surface area (Å²) >= 11 is 0. The predicted octanol–water partition coefficient (Wildman–Crippen LogP) is 3.56. The molecule has 1 fully saturated rings. The molecule has 3 heteroatoms. The van der Waals surface area contributed by atoms with Crippen molar-refractivity contribution in [2.45, 2.75) is 25.2 Å². The van der Waals surface area contributed by atoms with Crippen LogP contribution in [0.5, 0.6) is 5.75 Å². The SMILES string of the molecule is O=C(O)Cc1ccc(-c2ccc(O)cc2)c(C2CC2)c1. The highest BCUT2D eigenvalue weighted by Gasteiger charge is 2.26. The van der Waals surface area contributed by atoms with Crippen molar-refractivity contribution in [3.63, 3.8) is 0 Å². The molecule has 2 aromatic rings. The van der Waals surface area contributed by atoms with Gasteiger partial charge in [-0.2, -0.15) is 0 Å². The van der Waals surface area contributed by atoms with Crippen LogP contribution in [-0.4, -0.2) is 16.2 Å². The van der Waals surface area contributed by atoms with Gasteiger partial charge in [0.25, 0.3) is 0 Å². The molecular weight excluding hydrogens is 252 g/mol. The molecule has 3 rings (SSSR count). The molecule has 0 spiro atoms. The number of hydrogen-bond acceptors (Lipinski definition) is 2. The normalized spacial score (nSPS) is 14.2. The molecule has 3 nitrogen and oxygen atoms in total. The molecule has 0 saturated heterocycles. The summed E-state index contributed by atoms with van der Waals surface area (Å²) in [6.45, 7) is 0. The highest BCUT2D eigenvalue weighted by atomic mass is 16.4. The van der Waals surface area contributed by atoms with E-state index in [4.69, 9.17) is 5.11 Å². The maximum absolute atomic E-state index is 10.8. The fourth-order valence-corrected chi connectivity index (χ4v) is 2.53. The van der Waals surface area contributed by atoms with Gasteiger partial charge < -0.3 is 10.2 Å². The lowest BCUT2D eigenvalue weighted by Crippen LogP contribution is -2.01. The maximum atomic E-state index is 10.8. The first-order chi connectivity index (χ1) is 9.63. The Morgan fingerprint density at radius 1 is 1.10 bits per heavy atom. The summed E-state index contributed by atoms with van der Waals surface area (Å²) in [5, 5.41) is 18.3. The van der Waals surface area contributed by atoms with Crippen molar-refractivity contribution in [2.75, 3.05) is 0 Å². The molecule has 1 aliphatic rings. The molecule has 1 saturated carbocycles. The van der Waals surface area contributed by atoms with Gasteiger partial charge in [-0.25, -0.2) is 0 Å². The molecule has 0 atom stereocenters. The van der Waals surface area contributed by atoms with E-state index >= 15 is 0 Å². The molecule has 20 heavy (non-hydrogen) atoms. The van der Waals surface area contributed by atoms with Gasteiger partial charge in [-0.1, -0.05) is 30.3 Å². The number of carbonyl (C=O) groups is 1. The Hall–Kier alpha value is -2.29. The fourth-order valence-electron chi connectivity index (χ4n) is 2.53. The van der Waals surface area contributed by atoms with Crippen molar-refractivity contribution in [3.8, 4) is 16.9 Å². The maximum Gasteiger partial charge on any atom is 0.307 e. The van der Waals surface area contributed by atoms with E-state index in [1.54, 1.807) is 12.1 Å². The number of aromatic hydroxyl groups is 1. The predicted molar refractivity (Wildman–Crippen MR) is 76.9 cm³/mol. The zero-order valence-electron chi connectivity index (χ0n) is 11.0. The van der Waals surface area contributed by atoms with Crippen molar-refractivity contribution < 1.29 is 15.0 Å². The minimum Gasteiger partial charge on any atom is -0.508 e. The van der Waals surface area contributed by atoms with Gasteiger partial charge in [-0.15, -0.1) is 0 Å². The molecule has 0 radical (unpaired) electrons. The second kappa shape index (κ2) is 5.00. The van der Waals surface area contributed by atoms with Crippen molar-refractivity contribution in [2.24, 2.45) is 0 Å². The number of hydrogen-bond donors (Lipinski definition) is 2. The van der Waals surface area contributed by atoms with Gasteiger partial charge in [0.15, 0.2) is 0 Å². The topological polar surface area (TPSA) is 57.5 Å². The van der Waals surface area contributed by atoms with Crippen LogP contribution < -0.4 is 0 Å². The molecule has 2 N–H and O–H groups in total. The van der Waals surface area contributed by atoms with Gasteiger partial charge in [-0.3, -0.25) is 4.79 Å². The third-order valence-corrected chi connectivity index (χ3v) is 3.67. The van der Waals surface area contributed by atoms with E-state index in [-0.39, 0.29) is 12.2 Å². The molecule has 102 valence electrons. The third-order valence-electron chi connectivity index (χ3n) is 3.67. The Labute approximate surface area is 117 Å². The second-order valence-corrected chi connectivity index (χ2v) is 5.31. The highest BCUT2D eigenvalue weighted by molar-refractivity contribution is 5.73. The number of carboxylic acids is 1. The van der Waals surface area contributed by atoms with Gasteiger partial charge in [0.1, 0.15) is 5.75 Å². The summed E-state index contributed by atoms with van der Waals surface area (Å²) in [4.78, 5) is 10.8. The van der Waals surface area contributed by atoms with Crippen LogP contribution in [0.3, 0.4) is 0 Å². The second-order valence-electron chi connectivity index (χ2n) is 5.31. The smallest absolute Gasteiger partial charge is 0.307 e. The minimum atomic E-state index is -0.802. The lowest BCUT2D eigenvalue weighted by molar-refractivity contribution is -0.136. The minimum absolute atomic E-state index is 0.0651. The van der Waals surface area contributed by atoms with Crippen molar-refractivity contribution in [1.29, 1.82) is 0 Å². The van der Waals surface area contributed by atoms with Crippen molar-refractivity contribution in [3.05, 3.63) is 53.6 Å². The lowest BCUT2D eigenvalue weighted by Gasteiger charge is -2.11. The molecule has 0 bridgehead atoms. The molecule has 1 aliphatic carbocycles. The summed E-state index contributed by atoms with van der Waals surface area (Å²) < 4.78 is 0. The fraction of sp³-hybridized carbons (Fsp3) is 0.235. The molecule has 0 amide bonds. The molecule has 2 aromatic carbocycles. The lowest BCUT2D eigenvalue weighted by atomic mass is 9.94. The first kappa shape index (κ1) is 12.7. The molecule has 0 aromatic heterocycles. The van der Waals surface area contributed by atoms with Gasteiger partial charge in [-0.05, 0) is 53.1 Å². The van der Waals surface area contributed by atoms with Crippen LogP contribution in [0.1, 0.15) is 29.9 Å². The third kappa shape index (κ3) is 2.67. The molecule has 0 unspecified atom stereocenters. The Kier molecular flexibility index (Phi) is 3.18. The van der Waals surface area contributed by atoms with Gasteiger partial charge >= 0.3 is 5.97 Å². The van der Waals surface area contributed by atoms with E-state index in [1.165, 1.54) is 18.4 Å². The van der Waals surface area contributed by atoms with Crippen LogP contribution in [0.15, 0.2) is 42.5 Å². The summed E-state index contributed by atoms with van der Waals surface area (Å²) in [6.07, 6.45) is 2.40. The van der Waals surface area contributed by atoms with Crippen LogP contribution in [0.2, 0.25) is 0 Å². The Morgan fingerprint density at radius 2 is 1.80 bits per heavy atom. The number of rotatable bonds is 4. The van der Waals surface area contributed by atoms with Gasteiger partial charge in [0.2, 0.25) is 0 Å². The summed E-state index contributed by atoms with van der Waals surface area (Å²) in [5.41, 5.74) is 4.28. The van der Waals surface area contributed by atoms with Crippen molar-refractivity contribution >= 4 is 5.97 Å². The zero-order valence-corrected chi connectivity index (χ0v) is 11.0. The number of phenolic OH excluding ortho intramolecular Hbond substituents is 1. The van der Waals surface area contributed by atoms with Crippen LogP contribution in [0.4, 0.5) is 0 Å². The Bertz CT molecular complexity index is 640. The van der Waals surface area contributed by atoms with E-state index in [2.05, 4.69) is 0 Å². The van der Waals surface area contributed by atoms with Crippen molar-refractivity contribution in [1.82, 2.24) is 0 Å². The summed E-state index contributed by atoms with van der Waals surface area (Å²) in [6, 6.07) is 13.0. The van der Waals surface area contributed by atoms with E-state index in [9.17, 15) is 9.90 Å². The number of phenols is 1. The summed E-state index contributed by atoms with van der Waals surface area (Å²) in [7, 11) is 0. The highest BCUT2D eigenvalue weighted by Crippen LogP contribution is 2.45. The van der Waals surface area contributed by atoms with E-state index < -0.39 is 5.97 Å². The molecular formula is C17H16O3. The van der Waals surface area contributed by atoms with Crippen LogP contribution in [0.25, 0.3) is 11.1 Å². The first-order valence-corrected chi connectivity index (χ1v) is 6.77. The van der Waals surface area contributed by atoms with E-state index in [1.807, 2.05) is 30.3 Å². The van der Waals surface area contributed by atoms with Gasteiger partial charge in [0, 0.05) is 0 Å². The Balaban J connectivity index is 2.01. The average Bonchev–Trinajstić information content (AvgIpc) is 3.23. The van der Waals surface area contributed by atoms with Crippen LogP contribution in [0, 0.1) is 0 Å². The van der Waals surface area contributed by atoms with Gasteiger partial charge in [0.05, 0.1) is 6.42 Å². The van der Waals surface area contributed by atoms with Crippen LogP contribution in [-0.2, 0) is 11.2 Å². The first-order valence-electron chi connectivity index (χ1n) is 6.77. The van der Waals surface area contributed by atoms with E-state index in [0.29, 0.717) is 5.92 Å². The standard InChI is InChI=1S/C17H16O3/c18-14-6-4-12(5-7-14)15-8-1-11(10-17(19)20)9-16(15)13-2-3-13/h1,4-9,13,18H,2-3,10H2,(H,19,20).